The Labute approximate surface area is 120 Å². The molecule has 106 valence electrons. The quantitative estimate of drug-likeness (QED) is 0.883. The molecule has 0 bridgehead atoms. The second-order valence-electron chi connectivity index (χ2n) is 6.09. The molecule has 2 N–H and O–H groups in total. The van der Waals surface area contributed by atoms with E-state index < -0.39 is 0 Å². The zero-order valence-electron chi connectivity index (χ0n) is 12.8. The third-order valence-electron chi connectivity index (χ3n) is 2.63. The van der Waals surface area contributed by atoms with Gasteiger partial charge in [-0.15, -0.1) is 0 Å². The summed E-state index contributed by atoms with van der Waals surface area (Å²) < 4.78 is 0. The summed E-state index contributed by atoms with van der Waals surface area (Å²) >= 11 is 0. The summed E-state index contributed by atoms with van der Waals surface area (Å²) in [4.78, 5) is 8.93. The highest BCUT2D eigenvalue weighted by atomic mass is 15.2. The van der Waals surface area contributed by atoms with Crippen molar-refractivity contribution in [2.45, 2.75) is 40.2 Å². The Kier molecular flexibility index (Phi) is 3.93. The fourth-order valence-corrected chi connectivity index (χ4v) is 1.89. The van der Waals surface area contributed by atoms with Gasteiger partial charge in [0.05, 0.1) is 0 Å². The molecule has 0 saturated heterocycles. The third-order valence-corrected chi connectivity index (χ3v) is 2.63. The van der Waals surface area contributed by atoms with Gasteiger partial charge in [0.25, 0.3) is 0 Å². The Morgan fingerprint density at radius 3 is 2.40 bits per heavy atom. The van der Waals surface area contributed by atoms with Gasteiger partial charge in [-0.05, 0) is 52.3 Å². The van der Waals surface area contributed by atoms with E-state index in [9.17, 15) is 0 Å². The molecule has 0 aliphatic heterocycles. The average molecular weight is 270 g/mol. The number of aromatic nitrogens is 2. The van der Waals surface area contributed by atoms with Crippen LogP contribution in [0.2, 0.25) is 0 Å². The number of rotatable bonds is 3. The summed E-state index contributed by atoms with van der Waals surface area (Å²) in [6.45, 7) is 10.3. The molecule has 0 radical (unpaired) electrons. The molecule has 2 aromatic rings. The number of aryl methyl sites for hydroxylation is 2. The second kappa shape index (κ2) is 5.49. The van der Waals surface area contributed by atoms with Gasteiger partial charge >= 0.3 is 0 Å². The molecule has 0 aliphatic rings. The van der Waals surface area contributed by atoms with Crippen LogP contribution in [0.25, 0.3) is 0 Å². The molecule has 20 heavy (non-hydrogen) atoms. The van der Waals surface area contributed by atoms with E-state index in [0.29, 0.717) is 5.95 Å². The summed E-state index contributed by atoms with van der Waals surface area (Å²) in [7, 11) is 0. The average Bonchev–Trinajstić information content (AvgIpc) is 2.25. The smallest absolute Gasteiger partial charge is 0.225 e. The lowest BCUT2D eigenvalue weighted by Gasteiger charge is -2.21. The molecule has 4 nitrogen and oxygen atoms in total. The predicted molar refractivity (Wildman–Crippen MR) is 84.6 cm³/mol. The maximum Gasteiger partial charge on any atom is 0.225 e. The fourth-order valence-electron chi connectivity index (χ4n) is 1.89. The van der Waals surface area contributed by atoms with Gasteiger partial charge in [-0.1, -0.05) is 12.1 Å². The maximum absolute atomic E-state index is 4.51. The molecule has 0 aliphatic carbocycles. The highest BCUT2D eigenvalue weighted by Gasteiger charge is 2.12. The van der Waals surface area contributed by atoms with Crippen molar-refractivity contribution in [3.63, 3.8) is 0 Å². The lowest BCUT2D eigenvalue weighted by Crippen LogP contribution is -2.27. The summed E-state index contributed by atoms with van der Waals surface area (Å²) in [5.41, 5.74) is 3.12. The van der Waals surface area contributed by atoms with Gasteiger partial charge in [0, 0.05) is 23.0 Å². The van der Waals surface area contributed by atoms with E-state index in [1.165, 1.54) is 5.56 Å². The molecule has 0 fully saturated rings. The van der Waals surface area contributed by atoms with Crippen LogP contribution in [0, 0.1) is 13.8 Å². The van der Waals surface area contributed by atoms with Gasteiger partial charge in [0.2, 0.25) is 5.95 Å². The topological polar surface area (TPSA) is 49.8 Å². The molecule has 0 atom stereocenters. The Bertz CT molecular complexity index is 600. The van der Waals surface area contributed by atoms with Gasteiger partial charge in [0.15, 0.2) is 0 Å². The van der Waals surface area contributed by atoms with E-state index >= 15 is 0 Å². The minimum atomic E-state index is -0.0611. The van der Waals surface area contributed by atoms with E-state index in [1.807, 2.05) is 25.1 Å². The maximum atomic E-state index is 4.51. The van der Waals surface area contributed by atoms with E-state index in [0.717, 1.165) is 17.2 Å². The van der Waals surface area contributed by atoms with Crippen LogP contribution in [0.1, 0.15) is 32.0 Å². The molecule has 0 saturated carbocycles. The van der Waals surface area contributed by atoms with Crippen LogP contribution in [-0.2, 0) is 0 Å². The van der Waals surface area contributed by atoms with E-state index in [1.54, 1.807) is 0 Å². The normalized spacial score (nSPS) is 11.2. The van der Waals surface area contributed by atoms with Crippen molar-refractivity contribution >= 4 is 17.5 Å². The Morgan fingerprint density at radius 2 is 1.75 bits per heavy atom. The first-order valence-corrected chi connectivity index (χ1v) is 6.79. The molecule has 4 heteroatoms. The monoisotopic (exact) mass is 270 g/mol. The molecule has 0 unspecified atom stereocenters. The molecular weight excluding hydrogens is 248 g/mol. The predicted octanol–water partition coefficient (Wildman–Crippen LogP) is 4.05. The lowest BCUT2D eigenvalue weighted by atomic mass is 10.1. The van der Waals surface area contributed by atoms with Crippen molar-refractivity contribution in [1.82, 2.24) is 9.97 Å². The molecule has 1 aromatic carbocycles. The van der Waals surface area contributed by atoms with Crippen LogP contribution >= 0.6 is 0 Å². The number of anilines is 3. The number of hydrogen-bond donors (Lipinski definition) is 2. The summed E-state index contributed by atoms with van der Waals surface area (Å²) in [5, 5.41) is 6.62. The summed E-state index contributed by atoms with van der Waals surface area (Å²) in [5.74, 6) is 1.45. The van der Waals surface area contributed by atoms with E-state index in [2.05, 4.69) is 60.4 Å². The Morgan fingerprint density at radius 1 is 1.00 bits per heavy atom. The van der Waals surface area contributed by atoms with Gasteiger partial charge < -0.3 is 10.6 Å². The SMILES string of the molecule is Cc1cccc(Nc2cc(C)nc(NC(C)(C)C)n2)c1. The van der Waals surface area contributed by atoms with Crippen molar-refractivity contribution in [2.75, 3.05) is 10.6 Å². The molecule has 1 heterocycles. The zero-order valence-corrected chi connectivity index (χ0v) is 12.8. The van der Waals surface area contributed by atoms with Crippen molar-refractivity contribution in [3.05, 3.63) is 41.6 Å². The van der Waals surface area contributed by atoms with Crippen LogP contribution in [0.3, 0.4) is 0 Å². The van der Waals surface area contributed by atoms with Crippen molar-refractivity contribution in [1.29, 1.82) is 0 Å². The second-order valence-corrected chi connectivity index (χ2v) is 6.09. The molecule has 2 rings (SSSR count). The first-order chi connectivity index (χ1) is 9.32. The zero-order chi connectivity index (χ0) is 14.8. The largest absolute Gasteiger partial charge is 0.350 e. The number of benzene rings is 1. The highest BCUT2D eigenvalue weighted by molar-refractivity contribution is 5.58. The van der Waals surface area contributed by atoms with Crippen molar-refractivity contribution in [2.24, 2.45) is 0 Å². The van der Waals surface area contributed by atoms with Crippen LogP contribution in [0.15, 0.2) is 30.3 Å². The lowest BCUT2D eigenvalue weighted by molar-refractivity contribution is 0.625. The molecule has 0 spiro atoms. The van der Waals surface area contributed by atoms with E-state index in [4.69, 9.17) is 0 Å². The Balaban J connectivity index is 2.24. The van der Waals surface area contributed by atoms with Crippen LogP contribution in [-0.4, -0.2) is 15.5 Å². The first-order valence-electron chi connectivity index (χ1n) is 6.79. The summed E-state index contributed by atoms with van der Waals surface area (Å²) in [6, 6.07) is 10.2. The Hall–Kier alpha value is -2.10. The van der Waals surface area contributed by atoms with Crippen LogP contribution in [0.5, 0.6) is 0 Å². The highest BCUT2D eigenvalue weighted by Crippen LogP contribution is 2.19. The van der Waals surface area contributed by atoms with Crippen LogP contribution in [0.4, 0.5) is 17.5 Å². The third kappa shape index (κ3) is 4.23. The number of hydrogen-bond acceptors (Lipinski definition) is 4. The van der Waals surface area contributed by atoms with Crippen molar-refractivity contribution in [3.8, 4) is 0 Å². The fraction of sp³-hybridized carbons (Fsp3) is 0.375. The number of nitrogens with zero attached hydrogens (tertiary/aromatic N) is 2. The molecular formula is C16H22N4. The van der Waals surface area contributed by atoms with Crippen LogP contribution < -0.4 is 10.6 Å². The van der Waals surface area contributed by atoms with Gasteiger partial charge in [0.1, 0.15) is 5.82 Å². The van der Waals surface area contributed by atoms with Crippen molar-refractivity contribution < 1.29 is 0 Å². The van der Waals surface area contributed by atoms with Gasteiger partial charge in [-0.25, -0.2) is 4.98 Å². The van der Waals surface area contributed by atoms with Gasteiger partial charge in [-0.3, -0.25) is 0 Å². The molecule has 0 amide bonds. The minimum absolute atomic E-state index is 0.0611. The minimum Gasteiger partial charge on any atom is -0.350 e. The first kappa shape index (κ1) is 14.3. The standard InChI is InChI=1S/C16H22N4/c1-11-7-6-8-13(9-11)18-14-10-12(2)17-15(19-14)20-16(3,4)5/h6-10H,1-5H3,(H2,17,18,19,20). The van der Waals surface area contributed by atoms with E-state index in [-0.39, 0.29) is 5.54 Å². The summed E-state index contributed by atoms with van der Waals surface area (Å²) in [6.07, 6.45) is 0. The van der Waals surface area contributed by atoms with Gasteiger partial charge in [-0.2, -0.15) is 4.98 Å². The molecule has 1 aromatic heterocycles. The number of nitrogens with one attached hydrogen (secondary N) is 2.